The van der Waals surface area contributed by atoms with Crippen LogP contribution in [-0.2, 0) is 4.79 Å². The lowest BCUT2D eigenvalue weighted by molar-refractivity contribution is -0.121. The smallest absolute Gasteiger partial charge is 0.234 e. The van der Waals surface area contributed by atoms with Gasteiger partial charge < -0.3 is 10.2 Å². The van der Waals surface area contributed by atoms with E-state index in [2.05, 4.69) is 26.5 Å². The van der Waals surface area contributed by atoms with E-state index in [0.717, 1.165) is 56.8 Å². The molecule has 31 heavy (non-hydrogen) atoms. The zero-order chi connectivity index (χ0) is 21.8. The summed E-state index contributed by atoms with van der Waals surface area (Å²) in [4.78, 5) is 15.2. The van der Waals surface area contributed by atoms with Gasteiger partial charge in [-0.25, -0.2) is 0 Å². The quantitative estimate of drug-likeness (QED) is 0.648. The van der Waals surface area contributed by atoms with Gasteiger partial charge in [-0.1, -0.05) is 54.8 Å². The van der Waals surface area contributed by atoms with Gasteiger partial charge >= 0.3 is 0 Å². The Balaban J connectivity index is 1.58. The molecule has 1 atom stereocenters. The summed E-state index contributed by atoms with van der Waals surface area (Å²) in [5.74, 6) is 0.603. The molecule has 1 aromatic carbocycles. The molecule has 2 heterocycles. The standard InChI is InChI=1S/C22H27ClN6OS/c1-16(19(30)25-22(15-24)11-5-2-6-12-22)31-21-27-26-20(28-13-7-8-14-28)29(21)18-10-4-3-9-17(18)23/h3-4,9-10,16H,2,5-8,11-14H2,1H3,(H,25,30). The number of amides is 1. The van der Waals surface area contributed by atoms with E-state index in [1.807, 2.05) is 35.8 Å². The Hall–Kier alpha value is -2.24. The molecule has 1 saturated heterocycles. The fourth-order valence-electron chi connectivity index (χ4n) is 4.27. The van der Waals surface area contributed by atoms with Crippen LogP contribution in [0.1, 0.15) is 51.9 Å². The van der Waals surface area contributed by atoms with E-state index in [4.69, 9.17) is 11.6 Å². The number of thioether (sulfide) groups is 1. The van der Waals surface area contributed by atoms with E-state index in [0.29, 0.717) is 23.0 Å². The highest BCUT2D eigenvalue weighted by Gasteiger charge is 2.35. The lowest BCUT2D eigenvalue weighted by Gasteiger charge is -2.32. The second kappa shape index (κ2) is 9.49. The number of hydrogen-bond donors (Lipinski definition) is 1. The molecule has 2 aromatic rings. The lowest BCUT2D eigenvalue weighted by atomic mass is 9.83. The summed E-state index contributed by atoms with van der Waals surface area (Å²) in [5, 5.41) is 22.4. The van der Waals surface area contributed by atoms with Crippen LogP contribution in [0.3, 0.4) is 0 Å². The summed E-state index contributed by atoms with van der Waals surface area (Å²) < 4.78 is 1.95. The molecule has 0 radical (unpaired) electrons. The third-order valence-electron chi connectivity index (χ3n) is 6.03. The minimum absolute atomic E-state index is 0.148. The van der Waals surface area contributed by atoms with Crippen LogP contribution in [0.15, 0.2) is 29.4 Å². The first-order valence-corrected chi connectivity index (χ1v) is 12.1. The summed E-state index contributed by atoms with van der Waals surface area (Å²) in [5.41, 5.74) is 0.0494. The molecule has 1 saturated carbocycles. The highest BCUT2D eigenvalue weighted by Crippen LogP contribution is 2.34. The molecule has 2 aliphatic rings. The van der Waals surface area contributed by atoms with Crippen molar-refractivity contribution in [3.05, 3.63) is 29.3 Å². The van der Waals surface area contributed by atoms with Crippen LogP contribution in [0.5, 0.6) is 0 Å². The van der Waals surface area contributed by atoms with Crippen molar-refractivity contribution >= 4 is 35.2 Å². The number of nitrogens with one attached hydrogen (secondary N) is 1. The molecule has 1 unspecified atom stereocenters. The Labute approximate surface area is 192 Å². The molecule has 4 rings (SSSR count). The van der Waals surface area contributed by atoms with E-state index < -0.39 is 10.8 Å². The Morgan fingerprint density at radius 1 is 1.19 bits per heavy atom. The van der Waals surface area contributed by atoms with Gasteiger partial charge in [-0.2, -0.15) is 5.26 Å². The topological polar surface area (TPSA) is 86.8 Å². The maximum Gasteiger partial charge on any atom is 0.234 e. The molecule has 1 N–H and O–H groups in total. The average molecular weight is 459 g/mol. The minimum Gasteiger partial charge on any atom is -0.341 e. The van der Waals surface area contributed by atoms with Gasteiger partial charge in [0.25, 0.3) is 0 Å². The molecule has 1 aliphatic carbocycles. The van der Waals surface area contributed by atoms with Gasteiger partial charge in [-0.05, 0) is 44.7 Å². The minimum atomic E-state index is -0.749. The highest BCUT2D eigenvalue weighted by atomic mass is 35.5. The van der Waals surface area contributed by atoms with E-state index in [1.165, 1.54) is 11.8 Å². The molecule has 9 heteroatoms. The molecule has 2 fully saturated rings. The third kappa shape index (κ3) is 4.68. The molecule has 0 spiro atoms. The van der Waals surface area contributed by atoms with Gasteiger partial charge in [0, 0.05) is 13.1 Å². The van der Waals surface area contributed by atoms with Crippen LogP contribution in [0.4, 0.5) is 5.95 Å². The highest BCUT2D eigenvalue weighted by molar-refractivity contribution is 8.00. The van der Waals surface area contributed by atoms with Gasteiger partial charge in [-0.15, -0.1) is 10.2 Å². The Morgan fingerprint density at radius 2 is 1.90 bits per heavy atom. The van der Waals surface area contributed by atoms with E-state index in [1.54, 1.807) is 0 Å². The van der Waals surface area contributed by atoms with Crippen LogP contribution in [0.25, 0.3) is 5.69 Å². The number of nitrogens with zero attached hydrogens (tertiary/aromatic N) is 5. The molecule has 1 aliphatic heterocycles. The first-order valence-electron chi connectivity index (χ1n) is 10.9. The molecule has 0 bridgehead atoms. The maximum atomic E-state index is 13.0. The number of carbonyl (C=O) groups excluding carboxylic acids is 1. The molecular formula is C22H27ClN6OS. The van der Waals surface area contributed by atoms with Crippen LogP contribution in [0.2, 0.25) is 5.02 Å². The van der Waals surface area contributed by atoms with Gasteiger partial charge in [-0.3, -0.25) is 9.36 Å². The summed E-state index contributed by atoms with van der Waals surface area (Å²) in [6.07, 6.45) is 6.71. The van der Waals surface area contributed by atoms with Crippen molar-refractivity contribution in [2.45, 2.75) is 67.8 Å². The Bertz CT molecular complexity index is 975. The van der Waals surface area contributed by atoms with Gasteiger partial charge in [0.2, 0.25) is 11.9 Å². The van der Waals surface area contributed by atoms with Crippen LogP contribution < -0.4 is 10.2 Å². The van der Waals surface area contributed by atoms with Crippen LogP contribution in [0, 0.1) is 11.3 Å². The van der Waals surface area contributed by atoms with Crippen molar-refractivity contribution in [3.63, 3.8) is 0 Å². The zero-order valence-corrected chi connectivity index (χ0v) is 19.3. The summed E-state index contributed by atoms with van der Waals surface area (Å²) in [7, 11) is 0. The number of benzene rings is 1. The van der Waals surface area contributed by atoms with Gasteiger partial charge in [0.15, 0.2) is 5.16 Å². The van der Waals surface area contributed by atoms with Crippen molar-refractivity contribution in [2.75, 3.05) is 18.0 Å². The average Bonchev–Trinajstić information content (AvgIpc) is 3.45. The van der Waals surface area contributed by atoms with Crippen molar-refractivity contribution in [3.8, 4) is 11.8 Å². The predicted octanol–water partition coefficient (Wildman–Crippen LogP) is 4.34. The Morgan fingerprint density at radius 3 is 2.58 bits per heavy atom. The van der Waals surface area contributed by atoms with E-state index in [9.17, 15) is 10.1 Å². The van der Waals surface area contributed by atoms with E-state index in [-0.39, 0.29) is 5.91 Å². The number of carbonyl (C=O) groups is 1. The fourth-order valence-corrected chi connectivity index (χ4v) is 5.35. The van der Waals surface area contributed by atoms with Crippen LogP contribution in [-0.4, -0.2) is 44.6 Å². The predicted molar refractivity (Wildman–Crippen MR) is 123 cm³/mol. The van der Waals surface area contributed by atoms with E-state index >= 15 is 0 Å². The SMILES string of the molecule is CC(Sc1nnc(N2CCCC2)n1-c1ccccc1Cl)C(=O)NC1(C#N)CCCCC1. The van der Waals surface area contributed by atoms with Crippen molar-refractivity contribution in [1.82, 2.24) is 20.1 Å². The molecule has 7 nitrogen and oxygen atoms in total. The molecular weight excluding hydrogens is 432 g/mol. The number of anilines is 1. The monoisotopic (exact) mass is 458 g/mol. The zero-order valence-electron chi connectivity index (χ0n) is 17.7. The first kappa shape index (κ1) is 22.0. The number of aromatic nitrogens is 3. The normalized spacial score (nSPS) is 19.1. The second-order valence-electron chi connectivity index (χ2n) is 8.27. The van der Waals surface area contributed by atoms with Crippen molar-refractivity contribution in [1.29, 1.82) is 5.26 Å². The lowest BCUT2D eigenvalue weighted by Crippen LogP contribution is -2.51. The largest absolute Gasteiger partial charge is 0.341 e. The molecule has 164 valence electrons. The number of hydrogen-bond acceptors (Lipinski definition) is 6. The number of nitriles is 1. The number of para-hydroxylation sites is 1. The molecule has 1 amide bonds. The summed E-state index contributed by atoms with van der Waals surface area (Å²) in [6, 6.07) is 9.95. The third-order valence-corrected chi connectivity index (χ3v) is 7.40. The maximum absolute atomic E-state index is 13.0. The number of halogens is 1. The second-order valence-corrected chi connectivity index (χ2v) is 9.98. The van der Waals surface area contributed by atoms with Crippen molar-refractivity contribution < 1.29 is 4.79 Å². The number of rotatable bonds is 6. The summed E-state index contributed by atoms with van der Waals surface area (Å²) >= 11 is 7.85. The summed E-state index contributed by atoms with van der Waals surface area (Å²) in [6.45, 7) is 3.69. The fraction of sp³-hybridized carbons (Fsp3) is 0.545. The van der Waals surface area contributed by atoms with Crippen molar-refractivity contribution in [2.24, 2.45) is 0 Å². The van der Waals surface area contributed by atoms with Gasteiger partial charge in [0.1, 0.15) is 5.54 Å². The molecule has 1 aromatic heterocycles. The first-order chi connectivity index (χ1) is 15.0. The van der Waals surface area contributed by atoms with Crippen LogP contribution >= 0.6 is 23.4 Å². The Kier molecular flexibility index (Phi) is 6.73. The van der Waals surface area contributed by atoms with Gasteiger partial charge in [0.05, 0.1) is 22.0 Å².